The topological polar surface area (TPSA) is 72.0 Å². The van der Waals surface area contributed by atoms with Crippen LogP contribution in [0.15, 0.2) is 85.1 Å². The summed E-state index contributed by atoms with van der Waals surface area (Å²) < 4.78 is 5.73. The van der Waals surface area contributed by atoms with E-state index in [2.05, 4.69) is 15.6 Å². The van der Waals surface area contributed by atoms with Crippen LogP contribution in [-0.4, -0.2) is 21.6 Å². The fraction of sp³-hybridized carbons (Fsp3) is 0.125. The first-order valence-electron chi connectivity index (χ1n) is 9.89. The van der Waals surface area contributed by atoms with E-state index in [1.54, 1.807) is 6.20 Å². The molecule has 0 fully saturated rings. The van der Waals surface area contributed by atoms with Gasteiger partial charge in [-0.15, -0.1) is 0 Å². The Labute approximate surface area is 176 Å². The Morgan fingerprint density at radius 2 is 1.60 bits per heavy atom. The molecule has 0 amide bonds. The van der Waals surface area contributed by atoms with Crippen molar-refractivity contribution in [1.82, 2.24) is 15.0 Å². The third-order valence-electron chi connectivity index (χ3n) is 4.38. The molecule has 2 aromatic heterocycles. The van der Waals surface area contributed by atoms with Gasteiger partial charge in [0, 0.05) is 17.8 Å². The van der Waals surface area contributed by atoms with E-state index in [4.69, 9.17) is 14.7 Å². The molecule has 0 bridgehead atoms. The molecular weight excluding hydrogens is 374 g/mol. The van der Waals surface area contributed by atoms with Gasteiger partial charge < -0.3 is 15.4 Å². The number of aromatic nitrogens is 3. The number of anilines is 3. The van der Waals surface area contributed by atoms with Crippen molar-refractivity contribution >= 4 is 17.3 Å². The molecule has 0 aliphatic rings. The largest absolute Gasteiger partial charge is 0.492 e. The van der Waals surface area contributed by atoms with Gasteiger partial charge >= 0.3 is 0 Å². The standard InChI is InChI=1S/C24H23N5O/c1-2-30-21-14-7-6-13-20(21)27-23-16-22(26-17-19-12-8-9-15-25-19)28-24(29-23)18-10-4-3-5-11-18/h3-16H,2,17H2,1H3,(H2,26,27,28,29). The normalized spacial score (nSPS) is 10.4. The van der Waals surface area contributed by atoms with Gasteiger partial charge in [0.25, 0.3) is 0 Å². The summed E-state index contributed by atoms with van der Waals surface area (Å²) in [6.45, 7) is 3.13. The smallest absolute Gasteiger partial charge is 0.163 e. The maximum absolute atomic E-state index is 5.73. The van der Waals surface area contributed by atoms with Crippen LogP contribution in [0.1, 0.15) is 12.6 Å². The summed E-state index contributed by atoms with van der Waals surface area (Å²) in [5.74, 6) is 2.81. The average molecular weight is 397 g/mol. The second-order valence-corrected chi connectivity index (χ2v) is 6.56. The molecule has 0 radical (unpaired) electrons. The first kappa shape index (κ1) is 19.4. The van der Waals surface area contributed by atoms with Gasteiger partial charge in [0.1, 0.15) is 17.4 Å². The summed E-state index contributed by atoms with van der Waals surface area (Å²) in [7, 11) is 0. The van der Waals surface area contributed by atoms with E-state index in [1.165, 1.54) is 0 Å². The molecule has 0 aliphatic heterocycles. The molecule has 0 saturated heterocycles. The molecule has 2 N–H and O–H groups in total. The number of nitrogens with one attached hydrogen (secondary N) is 2. The molecule has 4 rings (SSSR count). The minimum absolute atomic E-state index is 0.570. The van der Waals surface area contributed by atoms with Crippen LogP contribution in [0.4, 0.5) is 17.3 Å². The van der Waals surface area contributed by atoms with Crippen molar-refractivity contribution in [3.63, 3.8) is 0 Å². The van der Waals surface area contributed by atoms with Crippen molar-refractivity contribution in [2.45, 2.75) is 13.5 Å². The van der Waals surface area contributed by atoms with E-state index in [0.29, 0.717) is 30.6 Å². The molecule has 0 unspecified atom stereocenters. The number of hydrogen-bond donors (Lipinski definition) is 2. The second-order valence-electron chi connectivity index (χ2n) is 6.56. The maximum atomic E-state index is 5.73. The minimum Gasteiger partial charge on any atom is -0.492 e. The molecule has 150 valence electrons. The van der Waals surface area contributed by atoms with Crippen molar-refractivity contribution in [2.24, 2.45) is 0 Å². The molecule has 0 atom stereocenters. The van der Waals surface area contributed by atoms with Crippen LogP contribution in [0.25, 0.3) is 11.4 Å². The van der Waals surface area contributed by atoms with Gasteiger partial charge in [0.05, 0.1) is 24.5 Å². The third-order valence-corrected chi connectivity index (χ3v) is 4.38. The second kappa shape index (κ2) is 9.52. The van der Waals surface area contributed by atoms with E-state index < -0.39 is 0 Å². The number of nitrogens with zero attached hydrogens (tertiary/aromatic N) is 3. The summed E-state index contributed by atoms with van der Waals surface area (Å²) in [5, 5.41) is 6.73. The molecule has 0 aliphatic carbocycles. The van der Waals surface area contributed by atoms with Crippen LogP contribution in [0.3, 0.4) is 0 Å². The lowest BCUT2D eigenvalue weighted by Gasteiger charge is -2.14. The molecular formula is C24H23N5O. The summed E-state index contributed by atoms with van der Waals surface area (Å²) >= 11 is 0. The van der Waals surface area contributed by atoms with Crippen LogP contribution in [0, 0.1) is 0 Å². The molecule has 4 aromatic rings. The van der Waals surface area contributed by atoms with E-state index in [-0.39, 0.29) is 0 Å². The zero-order valence-electron chi connectivity index (χ0n) is 16.7. The SMILES string of the molecule is CCOc1ccccc1Nc1cc(NCc2ccccn2)nc(-c2ccccc2)n1. The van der Waals surface area contributed by atoms with E-state index >= 15 is 0 Å². The predicted molar refractivity (Wildman–Crippen MR) is 120 cm³/mol. The Kier molecular flexibility index (Phi) is 6.15. The van der Waals surface area contributed by atoms with Crippen LogP contribution in [0.5, 0.6) is 5.75 Å². The highest BCUT2D eigenvalue weighted by Crippen LogP contribution is 2.28. The van der Waals surface area contributed by atoms with Crippen molar-refractivity contribution in [3.05, 3.63) is 90.8 Å². The van der Waals surface area contributed by atoms with Crippen molar-refractivity contribution in [3.8, 4) is 17.1 Å². The molecule has 2 aromatic carbocycles. The van der Waals surface area contributed by atoms with Crippen molar-refractivity contribution in [1.29, 1.82) is 0 Å². The van der Waals surface area contributed by atoms with Crippen LogP contribution >= 0.6 is 0 Å². The highest BCUT2D eigenvalue weighted by molar-refractivity contribution is 5.68. The Morgan fingerprint density at radius 3 is 2.40 bits per heavy atom. The first-order chi connectivity index (χ1) is 14.8. The van der Waals surface area contributed by atoms with Crippen molar-refractivity contribution in [2.75, 3.05) is 17.2 Å². The summed E-state index contributed by atoms with van der Waals surface area (Å²) in [4.78, 5) is 13.8. The van der Waals surface area contributed by atoms with E-state index in [9.17, 15) is 0 Å². The lowest BCUT2D eigenvalue weighted by atomic mass is 10.2. The molecule has 6 nitrogen and oxygen atoms in total. The summed E-state index contributed by atoms with van der Waals surface area (Å²) in [5.41, 5.74) is 2.74. The molecule has 2 heterocycles. The lowest BCUT2D eigenvalue weighted by Crippen LogP contribution is -2.06. The minimum atomic E-state index is 0.570. The molecule has 6 heteroatoms. The molecule has 30 heavy (non-hydrogen) atoms. The van der Waals surface area contributed by atoms with Gasteiger partial charge in [0.2, 0.25) is 0 Å². The maximum Gasteiger partial charge on any atom is 0.163 e. The number of para-hydroxylation sites is 2. The van der Waals surface area contributed by atoms with Gasteiger partial charge in [-0.2, -0.15) is 0 Å². The Morgan fingerprint density at radius 1 is 0.833 bits per heavy atom. The van der Waals surface area contributed by atoms with Crippen LogP contribution in [-0.2, 0) is 6.54 Å². The monoisotopic (exact) mass is 397 g/mol. The molecule has 0 spiro atoms. The van der Waals surface area contributed by atoms with Gasteiger partial charge in [-0.05, 0) is 31.2 Å². The molecule has 0 saturated carbocycles. The van der Waals surface area contributed by atoms with Crippen LogP contribution in [0.2, 0.25) is 0 Å². The fourth-order valence-electron chi connectivity index (χ4n) is 2.99. The van der Waals surface area contributed by atoms with Gasteiger partial charge in [0.15, 0.2) is 5.82 Å². The average Bonchev–Trinajstić information content (AvgIpc) is 2.80. The van der Waals surface area contributed by atoms with Gasteiger partial charge in [-0.1, -0.05) is 48.5 Å². The number of rotatable bonds is 8. The highest BCUT2D eigenvalue weighted by atomic mass is 16.5. The third kappa shape index (κ3) is 4.91. The quantitative estimate of drug-likeness (QED) is 0.421. The number of pyridine rings is 1. The summed E-state index contributed by atoms with van der Waals surface area (Å²) in [6.07, 6.45) is 1.78. The number of hydrogen-bond acceptors (Lipinski definition) is 6. The Bertz CT molecular complexity index is 1090. The zero-order valence-corrected chi connectivity index (χ0v) is 16.7. The number of benzene rings is 2. The van der Waals surface area contributed by atoms with Crippen LogP contribution < -0.4 is 15.4 Å². The zero-order chi connectivity index (χ0) is 20.6. The van der Waals surface area contributed by atoms with E-state index in [0.717, 1.165) is 22.7 Å². The Balaban J connectivity index is 1.65. The highest BCUT2D eigenvalue weighted by Gasteiger charge is 2.10. The fourth-order valence-corrected chi connectivity index (χ4v) is 2.99. The van der Waals surface area contributed by atoms with Crippen molar-refractivity contribution < 1.29 is 4.74 Å². The Hall–Kier alpha value is -3.93. The number of ether oxygens (including phenoxy) is 1. The van der Waals surface area contributed by atoms with Gasteiger partial charge in [-0.3, -0.25) is 4.98 Å². The lowest BCUT2D eigenvalue weighted by molar-refractivity contribution is 0.342. The van der Waals surface area contributed by atoms with E-state index in [1.807, 2.05) is 85.8 Å². The first-order valence-corrected chi connectivity index (χ1v) is 9.89. The predicted octanol–water partition coefficient (Wildman–Crippen LogP) is 5.29. The summed E-state index contributed by atoms with van der Waals surface area (Å²) in [6, 6.07) is 25.5. The van der Waals surface area contributed by atoms with Gasteiger partial charge in [-0.25, -0.2) is 9.97 Å².